The van der Waals surface area contributed by atoms with E-state index in [1.807, 2.05) is 0 Å². The van der Waals surface area contributed by atoms with E-state index < -0.39 is 53.5 Å². The summed E-state index contributed by atoms with van der Waals surface area (Å²) in [5.41, 5.74) is -4.21. The number of carbonyl (C=O) groups excluding carboxylic acids is 1. The van der Waals surface area contributed by atoms with Crippen molar-refractivity contribution in [1.29, 1.82) is 0 Å². The van der Waals surface area contributed by atoms with Crippen molar-refractivity contribution in [1.82, 2.24) is 0 Å². The number of rotatable bonds is 4. The summed E-state index contributed by atoms with van der Waals surface area (Å²) in [4.78, 5) is 11.4. The van der Waals surface area contributed by atoms with Crippen molar-refractivity contribution in [3.8, 4) is 5.75 Å². The third kappa shape index (κ3) is 4.47. The third-order valence-electron chi connectivity index (χ3n) is 2.84. The molecule has 0 N–H and O–H groups in total. The number of halogens is 6. The molecule has 11 heteroatoms. The zero-order valence-electron chi connectivity index (χ0n) is 11.0. The van der Waals surface area contributed by atoms with Crippen molar-refractivity contribution in [2.45, 2.75) is 18.5 Å². The minimum atomic E-state index is -5.14. The third-order valence-corrected chi connectivity index (χ3v) is 3.56. The van der Waals surface area contributed by atoms with Crippen LogP contribution in [-0.2, 0) is 19.9 Å². The first-order chi connectivity index (χ1) is 10.5. The van der Waals surface area contributed by atoms with Crippen LogP contribution in [0.3, 0.4) is 0 Å². The molecule has 0 saturated carbocycles. The first-order valence-electron chi connectivity index (χ1n) is 5.98. The van der Waals surface area contributed by atoms with Crippen LogP contribution in [0, 0.1) is 0 Å². The fourth-order valence-electron chi connectivity index (χ4n) is 1.72. The van der Waals surface area contributed by atoms with Gasteiger partial charge in [-0.1, -0.05) is 0 Å². The second kappa shape index (κ2) is 6.43. The molecule has 1 saturated heterocycles. The second-order valence-corrected chi connectivity index (χ2v) is 5.35. The van der Waals surface area contributed by atoms with Crippen molar-refractivity contribution in [2.75, 3.05) is 13.2 Å². The van der Waals surface area contributed by atoms with Gasteiger partial charge in [-0.2, -0.15) is 0 Å². The van der Waals surface area contributed by atoms with E-state index >= 15 is 0 Å². The van der Waals surface area contributed by atoms with Crippen LogP contribution in [0.1, 0.15) is 21.5 Å². The molecule has 1 radical (unpaired) electrons. The van der Waals surface area contributed by atoms with Gasteiger partial charge in [-0.3, -0.25) is 0 Å². The molecule has 0 amide bonds. The normalized spacial score (nSPS) is 17.8. The summed E-state index contributed by atoms with van der Waals surface area (Å²) in [5, 5.41) is 0. The number of hydrogen-bond acceptors (Lipinski definition) is 4. The maximum absolute atomic E-state index is 13.1. The Morgan fingerprint density at radius 3 is 2.00 bits per heavy atom. The summed E-state index contributed by atoms with van der Waals surface area (Å²) < 4.78 is 92.2. The van der Waals surface area contributed by atoms with Crippen molar-refractivity contribution in [3.63, 3.8) is 0 Å². The molecular weight excluding hydrogens is 531 g/mol. The molecule has 0 bridgehead atoms. The Hall–Kier alpha value is -1.09. The number of alkyl halides is 6. The van der Waals surface area contributed by atoms with E-state index in [9.17, 15) is 31.1 Å². The molecule has 0 spiro atoms. The van der Waals surface area contributed by atoms with Crippen LogP contribution >= 0.6 is 0 Å². The van der Waals surface area contributed by atoms with Gasteiger partial charge in [0.1, 0.15) is 0 Å². The van der Waals surface area contributed by atoms with Crippen LogP contribution in [0.4, 0.5) is 26.3 Å². The molecule has 1 fully saturated rings. The molecule has 1 aromatic carbocycles. The molecule has 1 atom stereocenters. The SMILES string of the molecule is O=C([O][BiH])c1cc(C(F)(F)F)c(OCC2CO2)c(C(F)(F)F)c1. The summed E-state index contributed by atoms with van der Waals surface area (Å²) in [6, 6.07) is 0.580. The van der Waals surface area contributed by atoms with Gasteiger partial charge in [0.15, 0.2) is 0 Å². The van der Waals surface area contributed by atoms with Crippen molar-refractivity contribution in [2.24, 2.45) is 0 Å². The molecule has 4 nitrogen and oxygen atoms in total. The summed E-state index contributed by atoms with van der Waals surface area (Å²) in [7, 11) is 0. The molecule has 1 aliphatic rings. The molecule has 0 aromatic heterocycles. The molecule has 1 unspecified atom stereocenters. The predicted molar refractivity (Wildman–Crippen MR) is 64.2 cm³/mol. The molecule has 1 aromatic rings. The van der Waals surface area contributed by atoms with Gasteiger partial charge >= 0.3 is 141 Å². The summed E-state index contributed by atoms with van der Waals surface area (Å²) in [5.74, 6) is -2.63. The van der Waals surface area contributed by atoms with Crippen LogP contribution in [0.25, 0.3) is 0 Å². The predicted octanol–water partition coefficient (Wildman–Crippen LogP) is 2.47. The topological polar surface area (TPSA) is 48.1 Å². The summed E-state index contributed by atoms with van der Waals surface area (Å²) in [6.45, 7) is -0.246. The Labute approximate surface area is 141 Å². The van der Waals surface area contributed by atoms with Crippen molar-refractivity contribution >= 4 is 31.1 Å². The van der Waals surface area contributed by atoms with E-state index in [0.29, 0.717) is 12.1 Å². The Morgan fingerprint density at radius 1 is 1.17 bits per heavy atom. The molecular formula is C12H8BiF6O4. The van der Waals surface area contributed by atoms with Crippen molar-refractivity contribution < 1.29 is 43.4 Å². The minimum absolute atomic E-state index is 0.172. The molecule has 0 aliphatic carbocycles. The molecule has 127 valence electrons. The summed E-state index contributed by atoms with van der Waals surface area (Å²) in [6.07, 6.45) is -10.8. The van der Waals surface area contributed by atoms with Crippen LogP contribution < -0.4 is 4.74 Å². The van der Waals surface area contributed by atoms with Crippen LogP contribution in [0.15, 0.2) is 12.1 Å². The maximum atomic E-state index is 13.1. The van der Waals surface area contributed by atoms with E-state index in [2.05, 4.69) is 2.81 Å². The molecule has 2 rings (SSSR count). The van der Waals surface area contributed by atoms with E-state index in [4.69, 9.17) is 9.47 Å². The zero-order chi connectivity index (χ0) is 17.4. The average Bonchev–Trinajstić information content (AvgIpc) is 3.25. The van der Waals surface area contributed by atoms with Crippen LogP contribution in [0.5, 0.6) is 5.75 Å². The number of epoxide rings is 1. The second-order valence-electron chi connectivity index (χ2n) is 4.55. The Bertz CT molecular complexity index is 574. The summed E-state index contributed by atoms with van der Waals surface area (Å²) >= 11 is -0.172. The van der Waals surface area contributed by atoms with Crippen LogP contribution in [0.2, 0.25) is 0 Å². The molecule has 1 aliphatic heterocycles. The van der Waals surface area contributed by atoms with Gasteiger partial charge < -0.3 is 0 Å². The van der Waals surface area contributed by atoms with Gasteiger partial charge in [0.2, 0.25) is 0 Å². The number of carbonyl (C=O) groups is 1. The molecule has 23 heavy (non-hydrogen) atoms. The van der Waals surface area contributed by atoms with Gasteiger partial charge in [0, 0.05) is 0 Å². The fourth-order valence-corrected chi connectivity index (χ4v) is 2.18. The first-order valence-corrected chi connectivity index (χ1v) is 7.57. The van der Waals surface area contributed by atoms with E-state index in [1.165, 1.54) is 0 Å². The zero-order valence-corrected chi connectivity index (χ0v) is 14.9. The van der Waals surface area contributed by atoms with Gasteiger partial charge in [0.25, 0.3) is 0 Å². The fraction of sp³-hybridized carbons (Fsp3) is 0.417. The first kappa shape index (κ1) is 18.3. The van der Waals surface area contributed by atoms with Crippen molar-refractivity contribution in [3.05, 3.63) is 28.8 Å². The van der Waals surface area contributed by atoms with Gasteiger partial charge in [0.05, 0.1) is 0 Å². The van der Waals surface area contributed by atoms with E-state index in [-0.39, 0.29) is 31.8 Å². The standard InChI is InChI=1S/C12H8F6O4.Bi.H/c13-11(14,15)7-1-5(10(19)20)2-8(12(16,17)18)9(7)22-4-6-3-21-6;;/h1-2,6H,3-4H2,(H,19,20);;/q;+1;/p-1. The average molecular weight is 539 g/mol. The Morgan fingerprint density at radius 2 is 1.65 bits per heavy atom. The van der Waals surface area contributed by atoms with Gasteiger partial charge in [-0.25, -0.2) is 0 Å². The Balaban J connectivity index is 2.60. The van der Waals surface area contributed by atoms with E-state index in [1.54, 1.807) is 0 Å². The number of benzene rings is 1. The monoisotopic (exact) mass is 539 g/mol. The van der Waals surface area contributed by atoms with Gasteiger partial charge in [-0.15, -0.1) is 0 Å². The Kier molecular flexibility index (Phi) is 5.10. The number of ether oxygens (including phenoxy) is 2. The quantitative estimate of drug-likeness (QED) is 0.336. The van der Waals surface area contributed by atoms with Crippen LogP contribution in [-0.4, -0.2) is 50.4 Å². The van der Waals surface area contributed by atoms with Gasteiger partial charge in [-0.05, 0) is 0 Å². The molecule has 1 heterocycles. The number of hydrogen-bond donors (Lipinski definition) is 0. The van der Waals surface area contributed by atoms with E-state index in [0.717, 1.165) is 0 Å².